The summed E-state index contributed by atoms with van der Waals surface area (Å²) in [5, 5.41) is 18.5. The van der Waals surface area contributed by atoms with Crippen molar-refractivity contribution in [2.75, 3.05) is 6.61 Å². The molecule has 0 aliphatic rings. The Bertz CT molecular complexity index is 403. The van der Waals surface area contributed by atoms with Gasteiger partial charge in [0.25, 0.3) is 0 Å². The lowest BCUT2D eigenvalue weighted by molar-refractivity contribution is 0.143. The maximum atomic E-state index is 9.36. The van der Waals surface area contributed by atoms with Crippen molar-refractivity contribution in [3.8, 4) is 11.8 Å². The number of ether oxygens (including phenoxy) is 1. The molecule has 17 heavy (non-hydrogen) atoms. The number of halogens is 1. The van der Waals surface area contributed by atoms with E-state index in [1.807, 2.05) is 32.0 Å². The van der Waals surface area contributed by atoms with Gasteiger partial charge in [-0.25, -0.2) is 0 Å². The first-order valence-corrected chi connectivity index (χ1v) is 5.87. The monoisotopic (exact) mass is 253 g/mol. The van der Waals surface area contributed by atoms with E-state index < -0.39 is 6.10 Å². The van der Waals surface area contributed by atoms with Crippen LogP contribution in [-0.2, 0) is 0 Å². The molecule has 0 aromatic heterocycles. The van der Waals surface area contributed by atoms with Gasteiger partial charge < -0.3 is 9.84 Å². The van der Waals surface area contributed by atoms with E-state index >= 15 is 0 Å². The summed E-state index contributed by atoms with van der Waals surface area (Å²) in [6, 6.07) is 5.65. The zero-order valence-corrected chi connectivity index (χ0v) is 10.8. The molecule has 1 aromatic carbocycles. The fourth-order valence-corrected chi connectivity index (χ4v) is 1.62. The summed E-state index contributed by atoms with van der Waals surface area (Å²) in [5.74, 6) is 0.744. The summed E-state index contributed by atoms with van der Waals surface area (Å²) in [5.41, 5.74) is 1.94. The van der Waals surface area contributed by atoms with Gasteiger partial charge in [0.1, 0.15) is 5.75 Å². The first-order chi connectivity index (χ1) is 8.04. The molecule has 0 aliphatic heterocycles. The molecule has 0 saturated heterocycles. The van der Waals surface area contributed by atoms with Crippen LogP contribution in [0.25, 0.3) is 0 Å². The first-order valence-electron chi connectivity index (χ1n) is 5.49. The molecular weight excluding hydrogens is 238 g/mol. The van der Waals surface area contributed by atoms with Gasteiger partial charge in [-0.2, -0.15) is 5.26 Å². The smallest absolute Gasteiger partial charge is 0.119 e. The van der Waals surface area contributed by atoms with Crippen molar-refractivity contribution >= 4 is 11.6 Å². The molecule has 1 atom stereocenters. The molecule has 1 aromatic rings. The number of nitriles is 1. The minimum absolute atomic E-state index is 0.141. The second kappa shape index (κ2) is 6.48. The number of hydrogen-bond acceptors (Lipinski definition) is 3. The summed E-state index contributed by atoms with van der Waals surface area (Å²) >= 11 is 6.04. The third kappa shape index (κ3) is 4.26. The highest BCUT2D eigenvalue weighted by atomic mass is 35.5. The van der Waals surface area contributed by atoms with Crippen molar-refractivity contribution in [2.45, 2.75) is 32.8 Å². The Balaban J connectivity index is 2.51. The Morgan fingerprint density at radius 2 is 2.00 bits per heavy atom. The van der Waals surface area contributed by atoms with Crippen molar-refractivity contribution in [3.05, 3.63) is 28.3 Å². The number of benzene rings is 1. The maximum Gasteiger partial charge on any atom is 0.119 e. The molecule has 0 heterocycles. The van der Waals surface area contributed by atoms with Gasteiger partial charge in [0.2, 0.25) is 0 Å². The van der Waals surface area contributed by atoms with Gasteiger partial charge in [-0.3, -0.25) is 0 Å². The quantitative estimate of drug-likeness (QED) is 0.878. The molecule has 0 radical (unpaired) electrons. The summed E-state index contributed by atoms with van der Waals surface area (Å²) in [4.78, 5) is 0. The summed E-state index contributed by atoms with van der Waals surface area (Å²) in [7, 11) is 0. The molecule has 1 rings (SSSR count). The van der Waals surface area contributed by atoms with Crippen LogP contribution in [0, 0.1) is 25.2 Å². The topological polar surface area (TPSA) is 53.2 Å². The number of aryl methyl sites for hydroxylation is 2. The Morgan fingerprint density at radius 1 is 1.41 bits per heavy atom. The lowest BCUT2D eigenvalue weighted by atomic mass is 10.1. The van der Waals surface area contributed by atoms with E-state index in [0.717, 1.165) is 21.9 Å². The third-order valence-electron chi connectivity index (χ3n) is 2.46. The highest BCUT2D eigenvalue weighted by molar-refractivity contribution is 6.32. The van der Waals surface area contributed by atoms with E-state index in [1.54, 1.807) is 0 Å². The fourth-order valence-electron chi connectivity index (χ4n) is 1.51. The molecule has 0 saturated carbocycles. The number of rotatable bonds is 5. The second-order valence-electron chi connectivity index (χ2n) is 4.02. The van der Waals surface area contributed by atoms with E-state index in [4.69, 9.17) is 21.6 Å². The molecule has 0 aliphatic carbocycles. The van der Waals surface area contributed by atoms with Crippen LogP contribution in [0.4, 0.5) is 0 Å². The predicted octanol–water partition coefficient (Wildman–Crippen LogP) is 3.00. The number of aliphatic hydroxyl groups excluding tert-OH is 1. The summed E-state index contributed by atoms with van der Waals surface area (Å²) in [6.07, 6.45) is -0.0226. The van der Waals surface area contributed by atoms with Gasteiger partial charge in [0.15, 0.2) is 0 Å². The molecule has 0 spiro atoms. The van der Waals surface area contributed by atoms with E-state index in [2.05, 4.69) is 0 Å². The molecule has 92 valence electrons. The van der Waals surface area contributed by atoms with Crippen molar-refractivity contribution in [2.24, 2.45) is 0 Å². The predicted molar refractivity (Wildman–Crippen MR) is 67.3 cm³/mol. The highest BCUT2D eigenvalue weighted by Crippen LogP contribution is 2.25. The van der Waals surface area contributed by atoms with Crippen LogP contribution in [0.5, 0.6) is 5.75 Å². The summed E-state index contributed by atoms with van der Waals surface area (Å²) < 4.78 is 5.51. The minimum atomic E-state index is -0.616. The van der Waals surface area contributed by atoms with Gasteiger partial charge in [0.05, 0.1) is 25.2 Å². The van der Waals surface area contributed by atoms with Crippen molar-refractivity contribution in [3.63, 3.8) is 0 Å². The van der Waals surface area contributed by atoms with E-state index in [9.17, 15) is 5.11 Å². The average Bonchev–Trinajstić information content (AvgIpc) is 2.26. The van der Waals surface area contributed by atoms with E-state index in [0.29, 0.717) is 13.0 Å². The van der Waals surface area contributed by atoms with Gasteiger partial charge in [0, 0.05) is 11.4 Å². The molecule has 4 heteroatoms. The molecule has 1 unspecified atom stereocenters. The second-order valence-corrected chi connectivity index (χ2v) is 4.40. The molecule has 0 amide bonds. The van der Waals surface area contributed by atoms with Crippen LogP contribution in [0.15, 0.2) is 12.1 Å². The molecule has 0 fully saturated rings. The Hall–Kier alpha value is -1.24. The number of nitrogens with zero attached hydrogens (tertiary/aromatic N) is 1. The Morgan fingerprint density at radius 3 is 2.53 bits per heavy atom. The van der Waals surface area contributed by atoms with Crippen LogP contribution < -0.4 is 4.74 Å². The average molecular weight is 254 g/mol. The zero-order valence-electron chi connectivity index (χ0n) is 10.0. The largest absolute Gasteiger partial charge is 0.493 e. The van der Waals surface area contributed by atoms with Crippen molar-refractivity contribution in [1.29, 1.82) is 5.26 Å². The highest BCUT2D eigenvalue weighted by Gasteiger charge is 2.06. The fraction of sp³-hybridized carbons (Fsp3) is 0.462. The van der Waals surface area contributed by atoms with Gasteiger partial charge in [-0.1, -0.05) is 11.6 Å². The molecular formula is C13H16ClNO2. The van der Waals surface area contributed by atoms with Crippen LogP contribution in [-0.4, -0.2) is 17.8 Å². The third-order valence-corrected chi connectivity index (χ3v) is 3.05. The molecule has 1 N–H and O–H groups in total. The SMILES string of the molecule is Cc1cc(OCCC(O)CC#N)cc(C)c1Cl. The minimum Gasteiger partial charge on any atom is -0.493 e. The molecule has 3 nitrogen and oxygen atoms in total. The first kappa shape index (κ1) is 13.8. The van der Waals surface area contributed by atoms with Crippen molar-refractivity contribution in [1.82, 2.24) is 0 Å². The summed E-state index contributed by atoms with van der Waals surface area (Å²) in [6.45, 7) is 4.24. The standard InChI is InChI=1S/C13H16ClNO2/c1-9-7-12(8-10(2)13(9)14)17-6-4-11(16)3-5-15/h7-8,11,16H,3-4,6H2,1-2H3. The lowest BCUT2D eigenvalue weighted by Crippen LogP contribution is -2.11. The van der Waals surface area contributed by atoms with Gasteiger partial charge >= 0.3 is 0 Å². The van der Waals surface area contributed by atoms with E-state index in [1.165, 1.54) is 0 Å². The lowest BCUT2D eigenvalue weighted by Gasteiger charge is -2.11. The van der Waals surface area contributed by atoms with E-state index in [-0.39, 0.29) is 6.42 Å². The Kier molecular flexibility index (Phi) is 5.27. The molecule has 0 bridgehead atoms. The Labute approximate surface area is 107 Å². The van der Waals surface area contributed by atoms with Crippen molar-refractivity contribution < 1.29 is 9.84 Å². The van der Waals surface area contributed by atoms with Crippen LogP contribution >= 0.6 is 11.6 Å². The van der Waals surface area contributed by atoms with Gasteiger partial charge in [-0.15, -0.1) is 0 Å². The zero-order chi connectivity index (χ0) is 12.8. The number of aliphatic hydroxyl groups is 1. The van der Waals surface area contributed by atoms with Crippen LogP contribution in [0.1, 0.15) is 24.0 Å². The van der Waals surface area contributed by atoms with Crippen LogP contribution in [0.2, 0.25) is 5.02 Å². The van der Waals surface area contributed by atoms with Gasteiger partial charge in [-0.05, 0) is 37.1 Å². The van der Waals surface area contributed by atoms with Crippen LogP contribution in [0.3, 0.4) is 0 Å². The number of hydrogen-bond donors (Lipinski definition) is 1. The maximum absolute atomic E-state index is 9.36. The normalized spacial score (nSPS) is 11.9.